The summed E-state index contributed by atoms with van der Waals surface area (Å²) in [5.41, 5.74) is 4.60. The smallest absolute Gasteiger partial charge is 0.258 e. The van der Waals surface area contributed by atoms with Crippen LogP contribution in [0.1, 0.15) is 42.6 Å². The molecule has 0 spiro atoms. The number of likely N-dealkylation sites (N-methyl/N-ethyl adjacent to an activating group) is 1. The molecule has 5 rings (SSSR count). The molecule has 0 aromatic heterocycles. The van der Waals surface area contributed by atoms with E-state index in [4.69, 9.17) is 4.74 Å². The zero-order valence-corrected chi connectivity index (χ0v) is 23.5. The van der Waals surface area contributed by atoms with Gasteiger partial charge in [-0.2, -0.15) is 0 Å². The number of anilines is 1. The molecule has 210 valence electrons. The lowest BCUT2D eigenvalue weighted by Crippen LogP contribution is -2.49. The van der Waals surface area contributed by atoms with Crippen molar-refractivity contribution in [1.82, 2.24) is 9.80 Å². The Labute approximate surface area is 236 Å². The average molecular weight is 542 g/mol. The lowest BCUT2D eigenvalue weighted by atomic mass is 9.99. The molecular weight excluding hydrogens is 502 g/mol. The van der Waals surface area contributed by atoms with E-state index in [1.54, 1.807) is 23.1 Å². The number of fused-ring (bicyclic) bond motifs is 1. The number of amides is 2. The third kappa shape index (κ3) is 6.54. The predicted octanol–water partition coefficient (Wildman–Crippen LogP) is 5.05. The fourth-order valence-electron chi connectivity index (χ4n) is 5.22. The number of rotatable bonds is 9. The van der Waals surface area contributed by atoms with Gasteiger partial charge in [0.1, 0.15) is 11.9 Å². The summed E-state index contributed by atoms with van der Waals surface area (Å²) in [5, 5.41) is 12.9. The molecule has 0 unspecified atom stereocenters. The molecule has 3 atom stereocenters. The zero-order valence-electron chi connectivity index (χ0n) is 23.5. The van der Waals surface area contributed by atoms with Crippen molar-refractivity contribution in [3.8, 4) is 16.9 Å². The van der Waals surface area contributed by atoms with Crippen LogP contribution in [-0.4, -0.2) is 65.6 Å². The van der Waals surface area contributed by atoms with Crippen LogP contribution in [0.2, 0.25) is 0 Å². The largest absolute Gasteiger partial charge is 0.488 e. The summed E-state index contributed by atoms with van der Waals surface area (Å²) >= 11 is 0. The summed E-state index contributed by atoms with van der Waals surface area (Å²) in [6.45, 7) is 5.70. The molecule has 0 bridgehead atoms. The van der Waals surface area contributed by atoms with Crippen molar-refractivity contribution < 1.29 is 19.4 Å². The standard InChI is InChI=1S/C33H39N3O4/c1-22-18-36(23(2)21-37)33(39)29-17-28(34-32(38)27-13-14-27)15-16-30(29)40-31(22)20-35(3)19-24-9-11-26(12-10-24)25-7-5-4-6-8-25/h4-12,15-17,22-23,27,31,37H,13-14,18-21H2,1-3H3,(H,34,38)/t22-,23-,31+/m0/s1. The summed E-state index contributed by atoms with van der Waals surface area (Å²) in [7, 11) is 2.08. The summed E-state index contributed by atoms with van der Waals surface area (Å²) < 4.78 is 6.52. The van der Waals surface area contributed by atoms with Crippen molar-refractivity contribution in [2.45, 2.75) is 45.4 Å². The van der Waals surface area contributed by atoms with Gasteiger partial charge in [-0.3, -0.25) is 14.5 Å². The first-order valence-corrected chi connectivity index (χ1v) is 14.2. The first-order valence-electron chi connectivity index (χ1n) is 14.2. The Balaban J connectivity index is 1.33. The first-order chi connectivity index (χ1) is 19.3. The predicted molar refractivity (Wildman–Crippen MR) is 157 cm³/mol. The third-order valence-corrected chi connectivity index (χ3v) is 7.89. The van der Waals surface area contributed by atoms with Gasteiger partial charge in [-0.25, -0.2) is 0 Å². The number of hydrogen-bond acceptors (Lipinski definition) is 5. The molecule has 3 aromatic carbocycles. The molecule has 3 aromatic rings. The van der Waals surface area contributed by atoms with Crippen molar-refractivity contribution in [3.63, 3.8) is 0 Å². The van der Waals surface area contributed by atoms with Crippen molar-refractivity contribution >= 4 is 17.5 Å². The number of carbonyl (C=O) groups is 2. The maximum atomic E-state index is 13.6. The molecule has 1 aliphatic heterocycles. The van der Waals surface area contributed by atoms with Crippen LogP contribution >= 0.6 is 0 Å². The van der Waals surface area contributed by atoms with Crippen LogP contribution < -0.4 is 10.1 Å². The highest BCUT2D eigenvalue weighted by molar-refractivity contribution is 6.00. The molecular formula is C33H39N3O4. The summed E-state index contributed by atoms with van der Waals surface area (Å²) in [4.78, 5) is 30.0. The van der Waals surface area contributed by atoms with E-state index in [9.17, 15) is 14.7 Å². The SMILES string of the molecule is C[C@H]1CN([C@@H](C)CO)C(=O)c2cc(NC(=O)C3CC3)ccc2O[C@@H]1CN(C)Cc1ccc(-c2ccccc2)cc1. The van der Waals surface area contributed by atoms with Crippen LogP contribution in [0.25, 0.3) is 11.1 Å². The van der Waals surface area contributed by atoms with Crippen LogP contribution in [0.4, 0.5) is 5.69 Å². The molecule has 0 saturated heterocycles. The summed E-state index contributed by atoms with van der Waals surface area (Å²) in [5.74, 6) is 0.390. The van der Waals surface area contributed by atoms with Gasteiger partial charge in [0, 0.05) is 37.2 Å². The molecule has 1 heterocycles. The molecule has 1 fully saturated rings. The van der Waals surface area contributed by atoms with Crippen LogP contribution in [-0.2, 0) is 11.3 Å². The van der Waals surface area contributed by atoms with Crippen molar-refractivity contribution in [1.29, 1.82) is 0 Å². The Bertz CT molecular complexity index is 1320. The number of nitrogens with zero attached hydrogens (tertiary/aromatic N) is 2. The normalized spacial score (nSPS) is 19.8. The molecule has 2 amide bonds. The van der Waals surface area contributed by atoms with Gasteiger partial charge in [-0.1, -0.05) is 61.5 Å². The second-order valence-electron chi connectivity index (χ2n) is 11.4. The molecule has 1 saturated carbocycles. The highest BCUT2D eigenvalue weighted by Crippen LogP contribution is 2.33. The monoisotopic (exact) mass is 541 g/mol. The van der Waals surface area contributed by atoms with E-state index in [0.717, 1.165) is 19.4 Å². The van der Waals surface area contributed by atoms with E-state index in [1.165, 1.54) is 16.7 Å². The minimum atomic E-state index is -0.341. The van der Waals surface area contributed by atoms with Gasteiger partial charge in [-0.05, 0) is 61.7 Å². The minimum Gasteiger partial charge on any atom is -0.488 e. The molecule has 0 radical (unpaired) electrons. The van der Waals surface area contributed by atoms with Crippen molar-refractivity contribution in [2.75, 3.05) is 32.1 Å². The van der Waals surface area contributed by atoms with Crippen LogP contribution in [0.5, 0.6) is 5.75 Å². The molecule has 7 heteroatoms. The average Bonchev–Trinajstić information content (AvgIpc) is 3.82. The second kappa shape index (κ2) is 12.2. The van der Waals surface area contributed by atoms with E-state index in [1.807, 2.05) is 25.1 Å². The number of ether oxygens (including phenoxy) is 1. The number of benzene rings is 3. The van der Waals surface area contributed by atoms with E-state index in [-0.39, 0.29) is 42.4 Å². The first kappa shape index (κ1) is 27.9. The summed E-state index contributed by atoms with van der Waals surface area (Å²) in [6.07, 6.45) is 1.64. The molecule has 2 N–H and O–H groups in total. The Morgan fingerprint density at radius 2 is 1.77 bits per heavy atom. The van der Waals surface area contributed by atoms with E-state index in [0.29, 0.717) is 30.1 Å². The Kier molecular flexibility index (Phi) is 8.52. The fourth-order valence-corrected chi connectivity index (χ4v) is 5.22. The maximum absolute atomic E-state index is 13.6. The van der Waals surface area contributed by atoms with Gasteiger partial charge in [0.15, 0.2) is 0 Å². The van der Waals surface area contributed by atoms with Crippen LogP contribution in [0.3, 0.4) is 0 Å². The number of aliphatic hydroxyl groups excluding tert-OH is 1. The topological polar surface area (TPSA) is 82.1 Å². The van der Waals surface area contributed by atoms with Crippen LogP contribution in [0, 0.1) is 11.8 Å². The number of carbonyl (C=O) groups excluding carboxylic acids is 2. The van der Waals surface area contributed by atoms with Gasteiger partial charge in [0.2, 0.25) is 5.91 Å². The lowest BCUT2D eigenvalue weighted by molar-refractivity contribution is -0.117. The highest BCUT2D eigenvalue weighted by atomic mass is 16.5. The highest BCUT2D eigenvalue weighted by Gasteiger charge is 2.34. The maximum Gasteiger partial charge on any atom is 0.258 e. The molecule has 2 aliphatic rings. The number of aliphatic hydroxyl groups is 1. The van der Waals surface area contributed by atoms with Crippen molar-refractivity contribution in [3.05, 3.63) is 83.9 Å². The summed E-state index contributed by atoms with van der Waals surface area (Å²) in [6, 6.07) is 23.9. The fraction of sp³-hybridized carbons (Fsp3) is 0.394. The second-order valence-corrected chi connectivity index (χ2v) is 11.4. The Morgan fingerprint density at radius 3 is 2.45 bits per heavy atom. The lowest BCUT2D eigenvalue weighted by Gasteiger charge is -2.38. The van der Waals surface area contributed by atoms with Crippen molar-refractivity contribution in [2.24, 2.45) is 11.8 Å². The number of hydrogen-bond donors (Lipinski definition) is 2. The molecule has 7 nitrogen and oxygen atoms in total. The van der Waals surface area contributed by atoms with Gasteiger partial charge in [0.05, 0.1) is 18.2 Å². The minimum absolute atomic E-state index is 0.00957. The van der Waals surface area contributed by atoms with Gasteiger partial charge >= 0.3 is 0 Å². The Hall–Kier alpha value is -3.68. The van der Waals surface area contributed by atoms with E-state index < -0.39 is 0 Å². The van der Waals surface area contributed by atoms with E-state index >= 15 is 0 Å². The van der Waals surface area contributed by atoms with Gasteiger partial charge in [0.25, 0.3) is 5.91 Å². The quantitative estimate of drug-likeness (QED) is 0.396. The number of nitrogens with one attached hydrogen (secondary N) is 1. The zero-order chi connectivity index (χ0) is 28.2. The molecule has 1 aliphatic carbocycles. The van der Waals surface area contributed by atoms with E-state index in [2.05, 4.69) is 60.6 Å². The third-order valence-electron chi connectivity index (χ3n) is 7.89. The Morgan fingerprint density at radius 1 is 1.07 bits per heavy atom. The molecule has 40 heavy (non-hydrogen) atoms. The van der Waals surface area contributed by atoms with Crippen LogP contribution in [0.15, 0.2) is 72.8 Å². The van der Waals surface area contributed by atoms with Gasteiger partial charge < -0.3 is 20.1 Å². The van der Waals surface area contributed by atoms with Gasteiger partial charge in [-0.15, -0.1) is 0 Å².